The van der Waals surface area contributed by atoms with E-state index < -0.39 is 0 Å². The summed E-state index contributed by atoms with van der Waals surface area (Å²) >= 11 is 0. The Kier molecular flexibility index (Phi) is 6.04. The average molecular weight is 389 g/mol. The van der Waals surface area contributed by atoms with Crippen molar-refractivity contribution >= 4 is 16.8 Å². The largest absolute Gasteiger partial charge is 0.358 e. The van der Waals surface area contributed by atoms with Crippen LogP contribution in [-0.2, 0) is 32.3 Å². The molecule has 0 spiro atoms. The molecule has 0 saturated heterocycles. The molecule has 0 amide bonds. The first kappa shape index (κ1) is 16.3. The summed E-state index contributed by atoms with van der Waals surface area (Å²) in [5, 5.41) is 2.77. The van der Waals surface area contributed by atoms with Gasteiger partial charge in [-0.15, -0.1) is 0 Å². The van der Waals surface area contributed by atoms with Crippen molar-refractivity contribution in [3.63, 3.8) is 0 Å². The molecule has 0 atom stereocenters. The van der Waals surface area contributed by atoms with E-state index in [0.29, 0.717) is 0 Å². The van der Waals surface area contributed by atoms with Gasteiger partial charge in [0.25, 0.3) is 0 Å². The summed E-state index contributed by atoms with van der Waals surface area (Å²) in [5.74, 6) is 0. The second-order valence-corrected chi connectivity index (χ2v) is 4.02. The molecule has 1 aliphatic carbocycles. The number of hydrogen-bond donors (Lipinski definition) is 0. The Bertz CT molecular complexity index is 538. The fraction of sp³-hybridized carbons (Fsp3) is 0.125. The van der Waals surface area contributed by atoms with Gasteiger partial charge in [-0.2, -0.15) is 0 Å². The van der Waals surface area contributed by atoms with Crippen molar-refractivity contribution in [1.82, 2.24) is 0 Å². The Morgan fingerprint density at radius 2 is 1.65 bits per heavy atom. The molecule has 0 nitrogen and oxygen atoms in total. The minimum absolute atomic E-state index is 0. The van der Waals surface area contributed by atoms with Crippen molar-refractivity contribution in [2.45, 2.75) is 13.3 Å². The molecule has 0 radical (unpaired) electrons. The van der Waals surface area contributed by atoms with Gasteiger partial charge in [-0.3, -0.25) is 0 Å². The molecule has 3 rings (SSSR count). The van der Waals surface area contributed by atoms with Crippen LogP contribution >= 0.6 is 0 Å². The van der Waals surface area contributed by atoms with E-state index in [1.54, 1.807) is 0 Å². The molecule has 17 heavy (non-hydrogen) atoms. The molecule has 2 aromatic rings. The third kappa shape index (κ3) is 2.77. The molecule has 88 valence electrons. The molecular weight excluding hydrogens is 371 g/mol. The van der Waals surface area contributed by atoms with E-state index in [1.807, 2.05) is 0 Å². The maximum absolute atomic E-state index is 2.29. The maximum atomic E-state index is 2.29. The van der Waals surface area contributed by atoms with Crippen LogP contribution in [0.2, 0.25) is 0 Å². The molecule has 0 fully saturated rings. The average Bonchev–Trinajstić information content (AvgIpc) is 2.59. The van der Waals surface area contributed by atoms with Gasteiger partial charge in [-0.25, -0.2) is 0 Å². The first-order chi connectivity index (χ1) is 6.84. The topological polar surface area (TPSA) is 0 Å². The van der Waals surface area contributed by atoms with E-state index in [1.165, 1.54) is 27.5 Å². The predicted molar refractivity (Wildman–Crippen MR) is 74.1 cm³/mol. The zero-order valence-electron chi connectivity index (χ0n) is 10.7. The number of benzene rings is 2. The van der Waals surface area contributed by atoms with Crippen LogP contribution < -0.4 is 0 Å². The molecule has 2 aromatic carbocycles. The van der Waals surface area contributed by atoms with Crippen LogP contribution in [-0.4, -0.2) is 0 Å². The smallest absolute Gasteiger partial charge is 0 e. The summed E-state index contributed by atoms with van der Waals surface area (Å²) in [6, 6.07) is 13.1. The van der Waals surface area contributed by atoms with Crippen LogP contribution in [0, 0.1) is 14.9 Å². The third-order valence-electron chi connectivity index (χ3n) is 2.93. The van der Waals surface area contributed by atoms with Gasteiger partial charge in [0.05, 0.1) is 0 Å². The van der Waals surface area contributed by atoms with Gasteiger partial charge in [-0.05, 0) is 35.2 Å². The van der Waals surface area contributed by atoms with Crippen LogP contribution in [0.15, 0.2) is 42.0 Å². The van der Waals surface area contributed by atoms with Gasteiger partial charge >= 0.3 is 0 Å². The van der Waals surface area contributed by atoms with Gasteiger partial charge < -0.3 is 14.9 Å². The van der Waals surface area contributed by atoms with E-state index in [2.05, 4.69) is 49.4 Å². The van der Waals surface area contributed by atoms with Crippen LogP contribution in [0.3, 0.4) is 0 Å². The van der Waals surface area contributed by atoms with E-state index in [4.69, 9.17) is 0 Å². The van der Waals surface area contributed by atoms with Crippen molar-refractivity contribution in [3.8, 4) is 0 Å². The summed E-state index contributed by atoms with van der Waals surface area (Å²) in [5.41, 5.74) is 4.37. The minimum Gasteiger partial charge on any atom is -0.358 e. The van der Waals surface area contributed by atoms with Gasteiger partial charge in [0, 0.05) is 25.8 Å². The molecular formula is C16H18Hf-2. The first-order valence-corrected chi connectivity index (χ1v) is 5.02. The third-order valence-corrected chi connectivity index (χ3v) is 2.93. The van der Waals surface area contributed by atoms with Gasteiger partial charge in [0.2, 0.25) is 0 Å². The van der Waals surface area contributed by atoms with Crippen molar-refractivity contribution in [1.29, 1.82) is 0 Å². The van der Waals surface area contributed by atoms with Crippen LogP contribution in [0.1, 0.15) is 18.1 Å². The second-order valence-electron chi connectivity index (χ2n) is 4.02. The zero-order valence-corrected chi connectivity index (χ0v) is 14.3. The zero-order chi connectivity index (χ0) is 9.54. The van der Waals surface area contributed by atoms with Crippen LogP contribution in [0.4, 0.5) is 0 Å². The summed E-state index contributed by atoms with van der Waals surface area (Å²) in [6.45, 7) is 2.20. The second kappa shape index (κ2) is 6.30. The first-order valence-electron chi connectivity index (χ1n) is 5.02. The Hall–Kier alpha value is -0.690. The molecule has 1 heteroatoms. The van der Waals surface area contributed by atoms with Crippen molar-refractivity contribution in [2.24, 2.45) is 0 Å². The molecule has 0 aromatic heterocycles. The fourth-order valence-electron chi connectivity index (χ4n) is 2.28. The minimum atomic E-state index is 0. The molecule has 1 aliphatic rings. The number of hydrogen-bond acceptors (Lipinski definition) is 0. The van der Waals surface area contributed by atoms with Crippen molar-refractivity contribution in [2.75, 3.05) is 0 Å². The van der Waals surface area contributed by atoms with E-state index in [9.17, 15) is 0 Å². The summed E-state index contributed by atoms with van der Waals surface area (Å²) < 4.78 is 0. The Labute approximate surface area is 124 Å². The number of rotatable bonds is 0. The SMILES string of the molecule is CC1=Cc2ccc3ccccc3c2C1.[CH3-].[CH3-].[Hf]. The van der Waals surface area contributed by atoms with Crippen LogP contribution in [0.5, 0.6) is 0 Å². The van der Waals surface area contributed by atoms with Crippen molar-refractivity contribution in [3.05, 3.63) is 68.0 Å². The van der Waals surface area contributed by atoms with E-state index >= 15 is 0 Å². The van der Waals surface area contributed by atoms with Crippen LogP contribution in [0.25, 0.3) is 16.8 Å². The van der Waals surface area contributed by atoms with Gasteiger partial charge in [-0.1, -0.05) is 48.0 Å². The summed E-state index contributed by atoms with van der Waals surface area (Å²) in [4.78, 5) is 0. The molecule has 0 aliphatic heterocycles. The van der Waals surface area contributed by atoms with Crippen molar-refractivity contribution < 1.29 is 25.8 Å². The molecule has 0 saturated carbocycles. The molecule has 0 unspecified atom stereocenters. The number of fused-ring (bicyclic) bond motifs is 3. The quantitative estimate of drug-likeness (QED) is 0.453. The predicted octanol–water partition coefficient (Wildman–Crippen LogP) is 4.70. The van der Waals surface area contributed by atoms with Gasteiger partial charge in [0.15, 0.2) is 0 Å². The molecule has 0 heterocycles. The Morgan fingerprint density at radius 3 is 2.41 bits per heavy atom. The molecule has 0 bridgehead atoms. The normalized spacial score (nSPS) is 11.7. The Morgan fingerprint density at radius 1 is 0.941 bits per heavy atom. The van der Waals surface area contributed by atoms with E-state index in [0.717, 1.165) is 6.42 Å². The Balaban J connectivity index is 0.000000853. The summed E-state index contributed by atoms with van der Waals surface area (Å²) in [7, 11) is 0. The van der Waals surface area contributed by atoms with E-state index in [-0.39, 0.29) is 40.7 Å². The fourth-order valence-corrected chi connectivity index (χ4v) is 2.28. The number of allylic oxidation sites excluding steroid dienone is 1. The monoisotopic (exact) mass is 390 g/mol. The summed E-state index contributed by atoms with van der Waals surface area (Å²) in [6.07, 6.45) is 3.42. The van der Waals surface area contributed by atoms with Gasteiger partial charge in [0.1, 0.15) is 0 Å². The molecule has 0 N–H and O–H groups in total. The standard InChI is InChI=1S/C14H12.2CH3.Hf/c1-10-8-12-7-6-11-4-2-3-5-13(11)14(12)9-10;;;/h2-8H,9H2,1H3;2*1H3;/q;2*-1;. The maximum Gasteiger partial charge on any atom is 0 e.